The second-order valence-electron chi connectivity index (χ2n) is 8.01. The molecule has 0 saturated heterocycles. The number of esters is 4. The number of aliphatic carboxylic acids is 1. The molecule has 0 heterocycles. The molecule has 1 aromatic rings. The van der Waals surface area contributed by atoms with E-state index in [2.05, 4.69) is 11.3 Å². The van der Waals surface area contributed by atoms with Gasteiger partial charge in [-0.25, -0.2) is 14.4 Å². The molecule has 1 N–H and O–H groups in total. The molecule has 1 aliphatic rings. The predicted molar refractivity (Wildman–Crippen MR) is 123 cm³/mol. The lowest BCUT2D eigenvalue weighted by Gasteiger charge is -2.24. The predicted octanol–water partition coefficient (Wildman–Crippen LogP) is 1.86. The summed E-state index contributed by atoms with van der Waals surface area (Å²) in [6, 6.07) is 6.78. The highest BCUT2D eigenvalue weighted by atomic mass is 16.6. The Hall–Kier alpha value is -3.73. The molecule has 0 aromatic heterocycles. The minimum absolute atomic E-state index is 0.0905. The van der Waals surface area contributed by atoms with Crippen molar-refractivity contribution in [2.24, 2.45) is 11.8 Å². The first-order valence-corrected chi connectivity index (χ1v) is 11.5. The summed E-state index contributed by atoms with van der Waals surface area (Å²) < 4.78 is 24.8. The fourth-order valence-corrected chi connectivity index (χ4v) is 3.44. The minimum atomic E-state index is -0.822. The van der Waals surface area contributed by atoms with Crippen molar-refractivity contribution in [1.29, 1.82) is 0 Å². The highest BCUT2D eigenvalue weighted by Crippen LogP contribution is 2.30. The molecule has 0 atom stereocenters. The van der Waals surface area contributed by atoms with Crippen LogP contribution in [-0.2, 0) is 49.3 Å². The lowest BCUT2D eigenvalue weighted by Crippen LogP contribution is -2.28. The molecular formula is C25H30O11. The van der Waals surface area contributed by atoms with Gasteiger partial charge in [0.1, 0.15) is 32.2 Å². The first kappa shape index (κ1) is 28.5. The maximum atomic E-state index is 12.3. The van der Waals surface area contributed by atoms with Crippen molar-refractivity contribution in [3.05, 3.63) is 42.5 Å². The van der Waals surface area contributed by atoms with Crippen LogP contribution < -0.4 is 4.74 Å². The Balaban J connectivity index is 1.57. The first-order valence-electron chi connectivity index (χ1n) is 11.5. The Morgan fingerprint density at radius 3 is 1.97 bits per heavy atom. The number of carboxylic acids is 1. The summed E-state index contributed by atoms with van der Waals surface area (Å²) >= 11 is 0. The van der Waals surface area contributed by atoms with Gasteiger partial charge in [0.15, 0.2) is 0 Å². The molecule has 1 saturated carbocycles. The molecule has 0 unspecified atom stereocenters. The van der Waals surface area contributed by atoms with Crippen molar-refractivity contribution in [3.63, 3.8) is 0 Å². The Morgan fingerprint density at radius 2 is 1.39 bits per heavy atom. The van der Waals surface area contributed by atoms with Crippen LogP contribution in [0.2, 0.25) is 0 Å². The van der Waals surface area contributed by atoms with Gasteiger partial charge in [0, 0.05) is 12.5 Å². The van der Waals surface area contributed by atoms with E-state index in [0.717, 1.165) is 11.6 Å². The largest absolute Gasteiger partial charge is 0.481 e. The van der Waals surface area contributed by atoms with Gasteiger partial charge >= 0.3 is 29.8 Å². The normalized spacial score (nSPS) is 16.9. The number of carbonyl (C=O) groups excluding carboxylic acids is 4. The van der Waals surface area contributed by atoms with Gasteiger partial charge in [-0.3, -0.25) is 9.59 Å². The number of benzene rings is 1. The number of carbonyl (C=O) groups is 5. The average Bonchev–Trinajstić information content (AvgIpc) is 2.87. The molecule has 0 amide bonds. The highest BCUT2D eigenvalue weighted by molar-refractivity contribution is 5.81. The maximum absolute atomic E-state index is 12.3. The summed E-state index contributed by atoms with van der Waals surface area (Å²) in [7, 11) is 0. The van der Waals surface area contributed by atoms with Crippen molar-refractivity contribution in [2.45, 2.75) is 32.1 Å². The second kappa shape index (κ2) is 15.3. The van der Waals surface area contributed by atoms with Crippen LogP contribution in [-0.4, -0.2) is 68.0 Å². The molecule has 2 rings (SSSR count). The second-order valence-corrected chi connectivity index (χ2v) is 8.01. The lowest BCUT2D eigenvalue weighted by atomic mass is 9.82. The van der Waals surface area contributed by atoms with E-state index in [0.29, 0.717) is 37.9 Å². The average molecular weight is 507 g/mol. The third-order valence-corrected chi connectivity index (χ3v) is 5.40. The molecule has 36 heavy (non-hydrogen) atoms. The fraction of sp³-hybridized carbons (Fsp3) is 0.480. The van der Waals surface area contributed by atoms with Gasteiger partial charge in [0.25, 0.3) is 0 Å². The van der Waals surface area contributed by atoms with Gasteiger partial charge in [-0.05, 0) is 43.4 Å². The molecule has 0 bridgehead atoms. The van der Waals surface area contributed by atoms with Crippen LogP contribution in [0.4, 0.5) is 0 Å². The third-order valence-electron chi connectivity index (χ3n) is 5.40. The van der Waals surface area contributed by atoms with Crippen LogP contribution >= 0.6 is 0 Å². The van der Waals surface area contributed by atoms with Gasteiger partial charge in [-0.1, -0.05) is 18.7 Å². The van der Waals surface area contributed by atoms with Gasteiger partial charge in [0.05, 0.1) is 18.4 Å². The summed E-state index contributed by atoms with van der Waals surface area (Å²) in [5.74, 6) is -3.48. The van der Waals surface area contributed by atoms with Gasteiger partial charge in [-0.2, -0.15) is 0 Å². The van der Waals surface area contributed by atoms with Crippen LogP contribution in [0.1, 0.15) is 31.2 Å². The van der Waals surface area contributed by atoms with E-state index in [-0.39, 0.29) is 31.7 Å². The highest BCUT2D eigenvalue weighted by Gasteiger charge is 2.30. The molecule has 0 radical (unpaired) electrons. The molecule has 11 nitrogen and oxygen atoms in total. The number of hydrogen-bond acceptors (Lipinski definition) is 10. The minimum Gasteiger partial charge on any atom is -0.481 e. The molecule has 1 aliphatic carbocycles. The van der Waals surface area contributed by atoms with Crippen molar-refractivity contribution in [1.82, 2.24) is 0 Å². The number of rotatable bonds is 14. The molecule has 196 valence electrons. The SMILES string of the molecule is C=CC(=O)OCCOC(=O)COCC(=O)OCCc1ccc(OC(=O)[C@H]2CC[C@H](C(=O)O)CC2)cc1. The van der Waals surface area contributed by atoms with Crippen molar-refractivity contribution >= 4 is 29.8 Å². The van der Waals surface area contributed by atoms with Gasteiger partial charge < -0.3 is 28.8 Å². The maximum Gasteiger partial charge on any atom is 0.332 e. The van der Waals surface area contributed by atoms with E-state index in [9.17, 15) is 24.0 Å². The molecule has 1 aromatic carbocycles. The zero-order valence-electron chi connectivity index (χ0n) is 19.8. The molecule has 0 spiro atoms. The molecule has 11 heteroatoms. The fourth-order valence-electron chi connectivity index (χ4n) is 3.44. The third kappa shape index (κ3) is 10.7. The first-order chi connectivity index (χ1) is 17.3. The monoisotopic (exact) mass is 506 g/mol. The quantitative estimate of drug-likeness (QED) is 0.129. The van der Waals surface area contributed by atoms with E-state index < -0.39 is 43.0 Å². The van der Waals surface area contributed by atoms with E-state index in [1.54, 1.807) is 24.3 Å². The summed E-state index contributed by atoms with van der Waals surface area (Å²) in [6.45, 7) is 2.18. The Kier molecular flexibility index (Phi) is 12.1. The number of hydrogen-bond donors (Lipinski definition) is 1. The molecule has 1 fully saturated rings. The van der Waals surface area contributed by atoms with E-state index in [4.69, 9.17) is 24.1 Å². The number of ether oxygens (including phenoxy) is 5. The summed E-state index contributed by atoms with van der Waals surface area (Å²) in [4.78, 5) is 57.3. The van der Waals surface area contributed by atoms with Crippen LogP contribution in [0, 0.1) is 11.8 Å². The van der Waals surface area contributed by atoms with Gasteiger partial charge in [-0.15, -0.1) is 0 Å². The summed E-state index contributed by atoms with van der Waals surface area (Å²) in [5.41, 5.74) is 0.853. The standard InChI is InChI=1S/C25H30O11/c1-2-21(26)34-13-14-35-23(28)16-32-15-22(27)33-12-11-17-3-9-20(10-4-17)36-25(31)19-7-5-18(6-8-19)24(29)30/h2-4,9-10,18-19H,1,5-8,11-16H2,(H,29,30)/t18-,19-. The Bertz CT molecular complexity index is 914. The van der Waals surface area contributed by atoms with Crippen LogP contribution in [0.3, 0.4) is 0 Å². The van der Waals surface area contributed by atoms with Gasteiger partial charge in [0.2, 0.25) is 0 Å². The Morgan fingerprint density at radius 1 is 0.833 bits per heavy atom. The topological polar surface area (TPSA) is 152 Å². The van der Waals surface area contributed by atoms with Crippen LogP contribution in [0.5, 0.6) is 5.75 Å². The van der Waals surface area contributed by atoms with E-state index in [1.807, 2.05) is 0 Å². The summed E-state index contributed by atoms with van der Waals surface area (Å²) in [6.07, 6.45) is 3.34. The zero-order valence-corrected chi connectivity index (χ0v) is 19.8. The summed E-state index contributed by atoms with van der Waals surface area (Å²) in [5, 5.41) is 9.05. The number of carboxylic acid groups (broad SMARTS) is 1. The molecule has 0 aliphatic heterocycles. The zero-order chi connectivity index (χ0) is 26.3. The van der Waals surface area contributed by atoms with E-state index >= 15 is 0 Å². The van der Waals surface area contributed by atoms with Crippen molar-refractivity contribution in [3.8, 4) is 5.75 Å². The molecular weight excluding hydrogens is 476 g/mol. The smallest absolute Gasteiger partial charge is 0.332 e. The lowest BCUT2D eigenvalue weighted by molar-refractivity contribution is -0.158. The van der Waals surface area contributed by atoms with Crippen molar-refractivity contribution in [2.75, 3.05) is 33.0 Å². The van der Waals surface area contributed by atoms with Crippen LogP contribution in [0.25, 0.3) is 0 Å². The van der Waals surface area contributed by atoms with Crippen molar-refractivity contribution < 1.29 is 52.8 Å². The Labute approximate surface area is 208 Å². The van der Waals surface area contributed by atoms with E-state index in [1.165, 1.54) is 0 Å². The van der Waals surface area contributed by atoms with Crippen LogP contribution in [0.15, 0.2) is 36.9 Å².